The molecule has 2 saturated heterocycles. The highest BCUT2D eigenvalue weighted by Gasteiger charge is 2.72. The van der Waals surface area contributed by atoms with Gasteiger partial charge in [0.05, 0.1) is 29.5 Å². The predicted molar refractivity (Wildman–Crippen MR) is 114 cm³/mol. The van der Waals surface area contributed by atoms with Gasteiger partial charge < -0.3 is 19.7 Å². The van der Waals surface area contributed by atoms with Crippen LogP contribution in [0, 0.1) is 29.6 Å². The Balaban J connectivity index is 1.61. The van der Waals surface area contributed by atoms with Gasteiger partial charge in [0.25, 0.3) is 0 Å². The van der Waals surface area contributed by atoms with E-state index in [-0.39, 0.29) is 23.7 Å². The highest BCUT2D eigenvalue weighted by atomic mass is 16.6. The van der Waals surface area contributed by atoms with Gasteiger partial charge in [-0.05, 0) is 70.8 Å². The Morgan fingerprint density at radius 2 is 1.93 bits per heavy atom. The largest absolute Gasteiger partial charge is 0.396 e. The van der Waals surface area contributed by atoms with Gasteiger partial charge in [-0.25, -0.2) is 0 Å². The first-order valence-electron chi connectivity index (χ1n) is 11.3. The van der Waals surface area contributed by atoms with Crippen molar-refractivity contribution in [1.29, 1.82) is 0 Å². The Hall–Kier alpha value is -0.940. The van der Waals surface area contributed by atoms with Crippen molar-refractivity contribution in [2.24, 2.45) is 29.6 Å². The van der Waals surface area contributed by atoms with E-state index in [0.29, 0.717) is 35.9 Å². The van der Waals surface area contributed by atoms with Crippen molar-refractivity contribution >= 4 is 0 Å². The topological polar surface area (TPSA) is 65.5 Å². The van der Waals surface area contributed by atoms with Crippen molar-refractivity contribution < 1.29 is 19.7 Å². The first kappa shape index (κ1) is 21.3. The molecule has 3 unspecified atom stereocenters. The van der Waals surface area contributed by atoms with Crippen LogP contribution < -0.4 is 0 Å². The van der Waals surface area contributed by atoms with E-state index in [1.807, 2.05) is 19.9 Å². The van der Waals surface area contributed by atoms with Crippen LogP contribution in [0.1, 0.15) is 54.4 Å². The summed E-state index contributed by atoms with van der Waals surface area (Å²) in [5, 5.41) is 19.6. The predicted octanol–water partition coefficient (Wildman–Crippen LogP) is 4.03. The molecule has 4 heteroatoms. The Kier molecular flexibility index (Phi) is 5.39. The minimum atomic E-state index is -0.610. The SMILES string of the molecule is C/C=C(\C)[C@H]1C(/C=C/C=C(\C)[C@@H](O)[C@@H](C)CO)[C@@H]2CC3O[C@]3(C)C[C@H]2C2O[C@@]21C. The second-order valence-corrected chi connectivity index (χ2v) is 10.4. The molecular weight excluding hydrogens is 364 g/mol. The maximum Gasteiger partial charge on any atom is 0.0993 e. The van der Waals surface area contributed by atoms with Crippen molar-refractivity contribution in [2.45, 2.75) is 83.9 Å². The van der Waals surface area contributed by atoms with Gasteiger partial charge in [0.2, 0.25) is 0 Å². The number of epoxide rings is 2. The average Bonchev–Trinajstić information content (AvgIpc) is 3.57. The minimum Gasteiger partial charge on any atom is -0.396 e. The van der Waals surface area contributed by atoms with Gasteiger partial charge in [-0.3, -0.25) is 0 Å². The molecule has 4 nitrogen and oxygen atoms in total. The lowest BCUT2D eigenvalue weighted by Crippen LogP contribution is -2.48. The van der Waals surface area contributed by atoms with E-state index in [2.05, 4.69) is 45.9 Å². The van der Waals surface area contributed by atoms with Crippen LogP contribution in [0.5, 0.6) is 0 Å². The quantitative estimate of drug-likeness (QED) is 0.400. The number of allylic oxidation sites excluding steroid dienone is 4. The van der Waals surface area contributed by atoms with Gasteiger partial charge >= 0.3 is 0 Å². The molecule has 4 fully saturated rings. The van der Waals surface area contributed by atoms with E-state index in [1.54, 1.807) is 0 Å². The van der Waals surface area contributed by atoms with Gasteiger partial charge in [-0.2, -0.15) is 0 Å². The summed E-state index contributed by atoms with van der Waals surface area (Å²) in [6.07, 6.45) is 11.1. The lowest BCUT2D eigenvalue weighted by Gasteiger charge is -2.45. The Labute approximate surface area is 175 Å². The molecule has 0 spiro atoms. The van der Waals surface area contributed by atoms with Crippen LogP contribution in [0.4, 0.5) is 0 Å². The van der Waals surface area contributed by atoms with E-state index in [4.69, 9.17) is 9.47 Å². The van der Waals surface area contributed by atoms with Gasteiger partial charge in [-0.1, -0.05) is 36.8 Å². The van der Waals surface area contributed by atoms with E-state index < -0.39 is 6.10 Å². The normalized spacial score (nSPS) is 48.6. The molecule has 0 aromatic carbocycles. The first-order valence-corrected chi connectivity index (χ1v) is 11.3. The van der Waals surface area contributed by atoms with Crippen LogP contribution in [0.2, 0.25) is 0 Å². The van der Waals surface area contributed by atoms with Crippen LogP contribution in [0.3, 0.4) is 0 Å². The molecule has 2 N–H and O–H groups in total. The molecule has 0 aromatic rings. The molecule has 0 amide bonds. The molecular formula is C25H38O4. The van der Waals surface area contributed by atoms with Crippen LogP contribution in [-0.4, -0.2) is 46.3 Å². The summed E-state index contributed by atoms with van der Waals surface area (Å²) in [6.45, 7) is 12.7. The van der Waals surface area contributed by atoms with Gasteiger partial charge in [-0.15, -0.1) is 0 Å². The molecule has 0 radical (unpaired) electrons. The number of rotatable bonds is 6. The van der Waals surface area contributed by atoms with E-state index in [0.717, 1.165) is 18.4 Å². The molecule has 162 valence electrons. The van der Waals surface area contributed by atoms with Gasteiger partial charge in [0.1, 0.15) is 0 Å². The number of ether oxygens (including phenoxy) is 2. The summed E-state index contributed by atoms with van der Waals surface area (Å²) in [5.74, 6) is 1.77. The molecule has 4 rings (SSSR count). The van der Waals surface area contributed by atoms with Crippen LogP contribution >= 0.6 is 0 Å². The second kappa shape index (κ2) is 7.33. The third kappa shape index (κ3) is 3.46. The summed E-state index contributed by atoms with van der Waals surface area (Å²) in [6, 6.07) is 0. The van der Waals surface area contributed by atoms with Crippen molar-refractivity contribution in [3.63, 3.8) is 0 Å². The molecule has 2 aliphatic heterocycles. The van der Waals surface area contributed by atoms with E-state index >= 15 is 0 Å². The molecule has 2 saturated carbocycles. The third-order valence-electron chi connectivity index (χ3n) is 8.42. The van der Waals surface area contributed by atoms with Crippen molar-refractivity contribution in [2.75, 3.05) is 6.61 Å². The van der Waals surface area contributed by atoms with Crippen LogP contribution in [0.25, 0.3) is 0 Å². The van der Waals surface area contributed by atoms with Crippen LogP contribution in [-0.2, 0) is 9.47 Å². The molecule has 2 heterocycles. The molecule has 2 aliphatic carbocycles. The number of hydrogen-bond acceptors (Lipinski definition) is 4. The highest BCUT2D eigenvalue weighted by Crippen LogP contribution is 2.67. The average molecular weight is 403 g/mol. The number of aliphatic hydroxyl groups excluding tert-OH is 2. The highest BCUT2D eigenvalue weighted by molar-refractivity contribution is 5.30. The summed E-state index contributed by atoms with van der Waals surface area (Å²) < 4.78 is 12.5. The zero-order valence-corrected chi connectivity index (χ0v) is 18.8. The zero-order chi connectivity index (χ0) is 21.1. The second-order valence-electron chi connectivity index (χ2n) is 10.4. The Morgan fingerprint density at radius 1 is 1.21 bits per heavy atom. The summed E-state index contributed by atoms with van der Waals surface area (Å²) in [7, 11) is 0. The summed E-state index contributed by atoms with van der Waals surface area (Å²) in [4.78, 5) is 0. The fourth-order valence-corrected chi connectivity index (χ4v) is 6.39. The van der Waals surface area contributed by atoms with Gasteiger partial charge in [0, 0.05) is 18.4 Å². The number of aliphatic hydroxyl groups is 2. The maximum atomic E-state index is 10.3. The Morgan fingerprint density at radius 3 is 2.59 bits per heavy atom. The van der Waals surface area contributed by atoms with E-state index in [1.165, 1.54) is 5.57 Å². The molecule has 4 aliphatic rings. The molecule has 29 heavy (non-hydrogen) atoms. The summed E-state index contributed by atoms with van der Waals surface area (Å²) >= 11 is 0. The fraction of sp³-hybridized carbons (Fsp3) is 0.760. The first-order chi connectivity index (χ1) is 13.7. The lowest BCUT2D eigenvalue weighted by molar-refractivity contribution is 0.0997. The van der Waals surface area contributed by atoms with Crippen LogP contribution in [0.15, 0.2) is 35.5 Å². The van der Waals surface area contributed by atoms with Crippen molar-refractivity contribution in [3.05, 3.63) is 35.5 Å². The monoisotopic (exact) mass is 402 g/mol. The van der Waals surface area contributed by atoms with Crippen molar-refractivity contribution in [3.8, 4) is 0 Å². The maximum absolute atomic E-state index is 10.3. The van der Waals surface area contributed by atoms with Gasteiger partial charge in [0.15, 0.2) is 0 Å². The zero-order valence-electron chi connectivity index (χ0n) is 18.8. The number of hydrogen-bond donors (Lipinski definition) is 2. The minimum absolute atomic E-state index is 0.0117. The Bertz CT molecular complexity index is 739. The molecule has 10 atom stereocenters. The smallest absolute Gasteiger partial charge is 0.0993 e. The standard InChI is InChI=1S/C25H38O4/c1-7-14(2)21-17(10-8-9-15(3)22(27)16(4)13-26)18-11-20-24(5,28-20)12-19(18)23-25(21,6)29-23/h7-10,16-23,26-27H,11-13H2,1-6H3/b10-8+,14-7+,15-9+/t16-,17?,18-,19+,20?,21-,22+,23?,24+,25+/m0/s1. The van der Waals surface area contributed by atoms with E-state index in [9.17, 15) is 10.2 Å². The lowest BCUT2D eigenvalue weighted by atomic mass is 9.55. The summed E-state index contributed by atoms with van der Waals surface area (Å²) in [5.41, 5.74) is 2.30. The molecule has 0 bridgehead atoms. The molecule has 0 aromatic heterocycles. The fourth-order valence-electron chi connectivity index (χ4n) is 6.39. The third-order valence-corrected chi connectivity index (χ3v) is 8.42. The number of fused-ring (bicyclic) bond motifs is 4. The van der Waals surface area contributed by atoms with Crippen molar-refractivity contribution in [1.82, 2.24) is 0 Å².